The van der Waals surface area contributed by atoms with Crippen LogP contribution < -0.4 is 10.7 Å². The summed E-state index contributed by atoms with van der Waals surface area (Å²) in [5.41, 5.74) is 2.33. The summed E-state index contributed by atoms with van der Waals surface area (Å²) in [5.74, 6) is 0. The van der Waals surface area contributed by atoms with Crippen LogP contribution in [0.2, 0.25) is 0 Å². The van der Waals surface area contributed by atoms with Crippen molar-refractivity contribution in [3.05, 3.63) is 0 Å². The van der Waals surface area contributed by atoms with Gasteiger partial charge in [-0.1, -0.05) is 0 Å². The molecule has 5 nitrogen and oxygen atoms in total. The van der Waals surface area contributed by atoms with Gasteiger partial charge < -0.3 is 10.4 Å². The lowest BCUT2D eigenvalue weighted by atomic mass is 10.1. The van der Waals surface area contributed by atoms with Crippen LogP contribution in [0, 0.1) is 0 Å². The maximum atomic E-state index is 10.3. The molecule has 0 bridgehead atoms. The highest BCUT2D eigenvalue weighted by atomic mass is 16.4. The predicted molar refractivity (Wildman–Crippen MR) is 44.8 cm³/mol. The number of rotatable bonds is 2. The molecule has 3 N–H and O–H groups in total. The quantitative estimate of drug-likeness (QED) is 0.508. The van der Waals surface area contributed by atoms with Crippen molar-refractivity contribution in [2.45, 2.75) is 18.9 Å². The van der Waals surface area contributed by atoms with Crippen molar-refractivity contribution in [3.63, 3.8) is 0 Å². The number of piperidine rings is 1. The van der Waals surface area contributed by atoms with E-state index in [1.807, 2.05) is 0 Å². The first kappa shape index (κ1) is 9.28. The van der Waals surface area contributed by atoms with Gasteiger partial charge >= 0.3 is 6.09 Å². The summed E-state index contributed by atoms with van der Waals surface area (Å²) < 4.78 is 0. The molecule has 1 aliphatic rings. The summed E-state index contributed by atoms with van der Waals surface area (Å²) in [6.07, 6.45) is 1.00. The number of hydrogen-bond donors (Lipinski definition) is 3. The van der Waals surface area contributed by atoms with Gasteiger partial charge in [-0.2, -0.15) is 0 Å². The van der Waals surface area contributed by atoms with Gasteiger partial charge in [-0.15, -0.1) is 0 Å². The van der Waals surface area contributed by atoms with Crippen LogP contribution in [0.25, 0.3) is 0 Å². The molecule has 5 heteroatoms. The minimum atomic E-state index is -0.990. The second kappa shape index (κ2) is 4.27. The van der Waals surface area contributed by atoms with Gasteiger partial charge in [0.05, 0.1) is 0 Å². The van der Waals surface area contributed by atoms with Crippen LogP contribution >= 0.6 is 0 Å². The van der Waals surface area contributed by atoms with Gasteiger partial charge in [-0.05, 0) is 25.9 Å². The molecule has 1 aliphatic heterocycles. The number of carbonyl (C=O) groups is 1. The van der Waals surface area contributed by atoms with E-state index < -0.39 is 6.09 Å². The molecule has 0 aliphatic carbocycles. The lowest BCUT2D eigenvalue weighted by Crippen LogP contribution is -2.49. The number of amides is 1. The number of nitrogens with one attached hydrogen (secondary N) is 2. The monoisotopic (exact) mass is 173 g/mol. The Morgan fingerprint density at radius 1 is 1.58 bits per heavy atom. The second-order valence-corrected chi connectivity index (χ2v) is 3.01. The summed E-state index contributed by atoms with van der Waals surface area (Å²) >= 11 is 0. The van der Waals surface area contributed by atoms with E-state index in [9.17, 15) is 4.79 Å². The van der Waals surface area contributed by atoms with Crippen molar-refractivity contribution in [2.24, 2.45) is 0 Å². The van der Waals surface area contributed by atoms with Crippen LogP contribution in [-0.4, -0.2) is 42.4 Å². The molecule has 1 fully saturated rings. The van der Waals surface area contributed by atoms with E-state index >= 15 is 0 Å². The van der Waals surface area contributed by atoms with Crippen LogP contribution in [0.15, 0.2) is 0 Å². The number of hydrogen-bond acceptors (Lipinski definition) is 3. The zero-order valence-electron chi connectivity index (χ0n) is 7.21. The van der Waals surface area contributed by atoms with Crippen LogP contribution in [0.3, 0.4) is 0 Å². The molecule has 0 aromatic rings. The van der Waals surface area contributed by atoms with Crippen molar-refractivity contribution in [2.75, 3.05) is 20.1 Å². The number of carboxylic acid groups (broad SMARTS) is 1. The molecule has 1 heterocycles. The zero-order chi connectivity index (χ0) is 8.97. The first-order valence-electron chi connectivity index (χ1n) is 4.13. The fourth-order valence-electron chi connectivity index (χ4n) is 1.44. The van der Waals surface area contributed by atoms with Crippen molar-refractivity contribution in [3.8, 4) is 0 Å². The summed E-state index contributed by atoms with van der Waals surface area (Å²) in [6.45, 7) is 1.94. The van der Waals surface area contributed by atoms with E-state index in [0.717, 1.165) is 25.9 Å². The minimum absolute atomic E-state index is 0.336. The highest BCUT2D eigenvalue weighted by Gasteiger charge is 2.18. The summed E-state index contributed by atoms with van der Waals surface area (Å²) in [5, 5.41) is 13.3. The molecule has 0 unspecified atom stereocenters. The van der Waals surface area contributed by atoms with Crippen LogP contribution in [-0.2, 0) is 0 Å². The van der Waals surface area contributed by atoms with E-state index in [2.05, 4.69) is 10.7 Å². The fraction of sp³-hybridized carbons (Fsp3) is 0.857. The Bertz CT molecular complexity index is 157. The maximum Gasteiger partial charge on any atom is 0.419 e. The van der Waals surface area contributed by atoms with Crippen molar-refractivity contribution in [1.82, 2.24) is 15.8 Å². The summed E-state index contributed by atoms with van der Waals surface area (Å²) in [6, 6.07) is 0.336. The van der Waals surface area contributed by atoms with Crippen LogP contribution in [0.4, 0.5) is 4.79 Å². The summed E-state index contributed by atoms with van der Waals surface area (Å²) in [4.78, 5) is 10.3. The SMILES string of the molecule is CN(NC(=O)O)C1CCNCC1. The first-order chi connectivity index (χ1) is 5.70. The van der Waals surface area contributed by atoms with Gasteiger partial charge in [0.15, 0.2) is 0 Å². The third kappa shape index (κ3) is 2.67. The van der Waals surface area contributed by atoms with Crippen LogP contribution in [0.1, 0.15) is 12.8 Å². The molecule has 1 saturated heterocycles. The molecule has 0 aromatic carbocycles. The normalized spacial score (nSPS) is 19.5. The van der Waals surface area contributed by atoms with Crippen molar-refractivity contribution < 1.29 is 9.90 Å². The molecule has 12 heavy (non-hydrogen) atoms. The Kier molecular flexibility index (Phi) is 3.31. The van der Waals surface area contributed by atoms with Gasteiger partial charge in [-0.25, -0.2) is 9.80 Å². The third-order valence-corrected chi connectivity index (χ3v) is 2.13. The predicted octanol–water partition coefficient (Wildman–Crippen LogP) is -0.147. The Morgan fingerprint density at radius 3 is 2.67 bits per heavy atom. The second-order valence-electron chi connectivity index (χ2n) is 3.01. The van der Waals surface area contributed by atoms with Gasteiger partial charge in [0.1, 0.15) is 0 Å². The number of hydrazine groups is 1. The minimum Gasteiger partial charge on any atom is -0.464 e. The van der Waals surface area contributed by atoms with Gasteiger partial charge in [0, 0.05) is 13.1 Å². The third-order valence-electron chi connectivity index (χ3n) is 2.13. The fourth-order valence-corrected chi connectivity index (χ4v) is 1.44. The molecular weight excluding hydrogens is 158 g/mol. The van der Waals surface area contributed by atoms with E-state index in [1.165, 1.54) is 0 Å². The van der Waals surface area contributed by atoms with E-state index in [-0.39, 0.29) is 0 Å². The van der Waals surface area contributed by atoms with Crippen molar-refractivity contribution >= 4 is 6.09 Å². The van der Waals surface area contributed by atoms with Gasteiger partial charge in [0.2, 0.25) is 0 Å². The molecule has 0 atom stereocenters. The standard InChI is InChI=1S/C7H15N3O2/c1-10(9-7(11)12)6-2-4-8-5-3-6/h6,8-9H,2-5H2,1H3,(H,11,12). The van der Waals surface area contributed by atoms with Crippen LogP contribution in [0.5, 0.6) is 0 Å². The highest BCUT2D eigenvalue weighted by Crippen LogP contribution is 2.06. The Morgan fingerprint density at radius 2 is 2.17 bits per heavy atom. The smallest absolute Gasteiger partial charge is 0.419 e. The molecule has 0 spiro atoms. The Balaban J connectivity index is 2.29. The molecule has 70 valence electrons. The lowest BCUT2D eigenvalue weighted by molar-refractivity contribution is 0.114. The van der Waals surface area contributed by atoms with E-state index in [4.69, 9.17) is 5.11 Å². The topological polar surface area (TPSA) is 64.6 Å². The molecule has 0 saturated carbocycles. The summed E-state index contributed by atoms with van der Waals surface area (Å²) in [7, 11) is 1.77. The Hall–Kier alpha value is -0.810. The highest BCUT2D eigenvalue weighted by molar-refractivity contribution is 5.63. The molecular formula is C7H15N3O2. The number of nitrogens with zero attached hydrogens (tertiary/aromatic N) is 1. The average Bonchev–Trinajstić information content (AvgIpc) is 2.05. The molecule has 0 radical (unpaired) electrons. The lowest BCUT2D eigenvalue weighted by Gasteiger charge is -2.30. The molecule has 0 aromatic heterocycles. The molecule has 1 rings (SSSR count). The first-order valence-corrected chi connectivity index (χ1v) is 4.13. The largest absolute Gasteiger partial charge is 0.464 e. The van der Waals surface area contributed by atoms with Crippen molar-refractivity contribution in [1.29, 1.82) is 0 Å². The van der Waals surface area contributed by atoms with Gasteiger partial charge in [0.25, 0.3) is 0 Å². The van der Waals surface area contributed by atoms with E-state index in [0.29, 0.717) is 6.04 Å². The zero-order valence-corrected chi connectivity index (χ0v) is 7.21. The maximum absolute atomic E-state index is 10.3. The molecule has 1 amide bonds. The van der Waals surface area contributed by atoms with E-state index in [1.54, 1.807) is 12.1 Å². The van der Waals surface area contributed by atoms with Gasteiger partial charge in [-0.3, -0.25) is 5.43 Å². The Labute approximate surface area is 71.7 Å². The average molecular weight is 173 g/mol.